The van der Waals surface area contributed by atoms with Gasteiger partial charge in [0, 0.05) is 11.5 Å². The minimum Gasteiger partial charge on any atom is -0.329 e. The number of benzene rings is 1. The molecule has 0 spiro atoms. The second kappa shape index (κ2) is 5.08. The fourth-order valence-electron chi connectivity index (χ4n) is 1.79. The zero-order valence-electron chi connectivity index (χ0n) is 10.9. The molecule has 0 radical (unpaired) electrons. The van der Waals surface area contributed by atoms with E-state index in [0.717, 1.165) is 18.9 Å². The number of anilines is 1. The molecule has 0 unspecified atom stereocenters. The van der Waals surface area contributed by atoms with Gasteiger partial charge in [-0.2, -0.15) is 18.2 Å². The maximum Gasteiger partial charge on any atom is 0.471 e. The van der Waals surface area contributed by atoms with Crippen LogP contribution in [-0.2, 0) is 11.0 Å². The third kappa shape index (κ3) is 2.92. The number of hydrogen-bond acceptors (Lipinski definition) is 4. The lowest BCUT2D eigenvalue weighted by atomic mass is 10.2. The number of amides is 1. The summed E-state index contributed by atoms with van der Waals surface area (Å²) >= 11 is 0. The first-order valence-corrected chi connectivity index (χ1v) is 6.36. The van der Waals surface area contributed by atoms with Crippen molar-refractivity contribution in [2.45, 2.75) is 19.0 Å². The number of carbonyl (C=O) groups excluding carboxylic acids is 1. The molecule has 1 aliphatic rings. The molecule has 1 heterocycles. The largest absolute Gasteiger partial charge is 0.471 e. The van der Waals surface area contributed by atoms with E-state index in [4.69, 9.17) is 0 Å². The van der Waals surface area contributed by atoms with Crippen LogP contribution in [0.4, 0.5) is 23.2 Å². The summed E-state index contributed by atoms with van der Waals surface area (Å²) in [6, 6.07) is 3.48. The molecule has 0 bridgehead atoms. The first-order valence-electron chi connectivity index (χ1n) is 6.36. The number of halogens is 4. The van der Waals surface area contributed by atoms with Crippen molar-refractivity contribution in [2.24, 2.45) is 5.92 Å². The average molecular weight is 315 g/mol. The molecule has 116 valence electrons. The number of nitrogens with zero attached hydrogens (tertiary/aromatic N) is 2. The third-order valence-corrected chi connectivity index (χ3v) is 3.10. The number of carbonyl (C=O) groups is 1. The van der Waals surface area contributed by atoms with E-state index in [1.165, 1.54) is 12.1 Å². The van der Waals surface area contributed by atoms with Gasteiger partial charge in [-0.1, -0.05) is 5.16 Å². The number of alkyl halides is 3. The molecule has 1 N–H and O–H groups in total. The minimum atomic E-state index is -4.76. The molecule has 3 rings (SSSR count). The van der Waals surface area contributed by atoms with Crippen LogP contribution in [0.15, 0.2) is 22.7 Å². The highest BCUT2D eigenvalue weighted by Gasteiger charge is 2.38. The SMILES string of the molecule is O=C(Nc1ccc(-c2noc(C(F)(F)F)n2)cc1F)C1CC1. The van der Waals surface area contributed by atoms with Crippen LogP contribution in [0.25, 0.3) is 11.4 Å². The van der Waals surface area contributed by atoms with E-state index in [9.17, 15) is 22.4 Å². The van der Waals surface area contributed by atoms with Crippen molar-refractivity contribution >= 4 is 11.6 Å². The number of rotatable bonds is 3. The number of nitrogens with one attached hydrogen (secondary N) is 1. The molecule has 5 nitrogen and oxygen atoms in total. The van der Waals surface area contributed by atoms with Gasteiger partial charge in [0.25, 0.3) is 0 Å². The molecule has 1 saturated carbocycles. The molecule has 2 aromatic rings. The second-order valence-electron chi connectivity index (χ2n) is 4.88. The normalized spacial score (nSPS) is 14.9. The van der Waals surface area contributed by atoms with Gasteiger partial charge < -0.3 is 9.84 Å². The molecule has 22 heavy (non-hydrogen) atoms. The van der Waals surface area contributed by atoms with Crippen LogP contribution >= 0.6 is 0 Å². The van der Waals surface area contributed by atoms with Crippen LogP contribution in [0.1, 0.15) is 18.7 Å². The van der Waals surface area contributed by atoms with Crippen molar-refractivity contribution in [2.75, 3.05) is 5.32 Å². The Morgan fingerprint density at radius 2 is 2.05 bits per heavy atom. The predicted octanol–water partition coefficient (Wildman–Crippen LogP) is 3.24. The van der Waals surface area contributed by atoms with Crippen LogP contribution in [0.2, 0.25) is 0 Å². The minimum absolute atomic E-state index is 0.0150. The van der Waals surface area contributed by atoms with E-state index >= 15 is 0 Å². The van der Waals surface area contributed by atoms with E-state index in [2.05, 4.69) is 20.0 Å². The Morgan fingerprint density at radius 1 is 1.32 bits per heavy atom. The van der Waals surface area contributed by atoms with Crippen LogP contribution in [-0.4, -0.2) is 16.0 Å². The first-order chi connectivity index (χ1) is 10.3. The van der Waals surface area contributed by atoms with Gasteiger partial charge >= 0.3 is 12.1 Å². The molecule has 1 aromatic carbocycles. The third-order valence-electron chi connectivity index (χ3n) is 3.10. The maximum atomic E-state index is 13.9. The molecule has 1 amide bonds. The summed E-state index contributed by atoms with van der Waals surface area (Å²) in [5, 5.41) is 5.58. The van der Waals surface area contributed by atoms with Crippen molar-refractivity contribution in [3.05, 3.63) is 29.9 Å². The molecule has 0 aliphatic heterocycles. The lowest BCUT2D eigenvalue weighted by Gasteiger charge is -2.06. The van der Waals surface area contributed by atoms with Crippen LogP contribution in [0.5, 0.6) is 0 Å². The van der Waals surface area contributed by atoms with E-state index in [1.54, 1.807) is 0 Å². The van der Waals surface area contributed by atoms with E-state index in [0.29, 0.717) is 0 Å². The van der Waals surface area contributed by atoms with Gasteiger partial charge in [-0.3, -0.25) is 4.79 Å². The molecular weight excluding hydrogens is 306 g/mol. The van der Waals surface area contributed by atoms with E-state index < -0.39 is 17.9 Å². The van der Waals surface area contributed by atoms with Crippen molar-refractivity contribution in [1.82, 2.24) is 10.1 Å². The lowest BCUT2D eigenvalue weighted by Crippen LogP contribution is -2.14. The summed E-state index contributed by atoms with van der Waals surface area (Å²) in [4.78, 5) is 14.7. The number of hydrogen-bond donors (Lipinski definition) is 1. The van der Waals surface area contributed by atoms with Gasteiger partial charge in [-0.25, -0.2) is 4.39 Å². The van der Waals surface area contributed by atoms with E-state index in [1.807, 2.05) is 0 Å². The van der Waals surface area contributed by atoms with Crippen LogP contribution in [0, 0.1) is 11.7 Å². The van der Waals surface area contributed by atoms with E-state index in [-0.39, 0.29) is 28.9 Å². The monoisotopic (exact) mass is 315 g/mol. The van der Waals surface area contributed by atoms with Gasteiger partial charge in [0.05, 0.1) is 5.69 Å². The molecule has 0 atom stereocenters. The average Bonchev–Trinajstić information content (AvgIpc) is 3.16. The van der Waals surface area contributed by atoms with Crippen molar-refractivity contribution in [1.29, 1.82) is 0 Å². The highest BCUT2D eigenvalue weighted by atomic mass is 19.4. The zero-order chi connectivity index (χ0) is 15.9. The van der Waals surface area contributed by atoms with Gasteiger partial charge in [-0.15, -0.1) is 0 Å². The molecule has 1 aliphatic carbocycles. The molecule has 0 saturated heterocycles. The quantitative estimate of drug-likeness (QED) is 0.883. The highest BCUT2D eigenvalue weighted by molar-refractivity contribution is 5.94. The van der Waals surface area contributed by atoms with Gasteiger partial charge in [0.15, 0.2) is 0 Å². The van der Waals surface area contributed by atoms with Gasteiger partial charge in [0.1, 0.15) is 5.82 Å². The fourth-order valence-corrected chi connectivity index (χ4v) is 1.79. The maximum absolute atomic E-state index is 13.9. The summed E-state index contributed by atoms with van der Waals surface area (Å²) in [6.45, 7) is 0. The van der Waals surface area contributed by atoms with Gasteiger partial charge in [-0.05, 0) is 31.0 Å². The Morgan fingerprint density at radius 3 is 2.59 bits per heavy atom. The summed E-state index contributed by atoms with van der Waals surface area (Å²) < 4.78 is 55.1. The Kier molecular flexibility index (Phi) is 3.34. The Hall–Kier alpha value is -2.45. The molecule has 1 aromatic heterocycles. The molecular formula is C13H9F4N3O2. The van der Waals surface area contributed by atoms with Crippen molar-refractivity contribution in [3.63, 3.8) is 0 Å². The summed E-state index contributed by atoms with van der Waals surface area (Å²) in [5.41, 5.74) is -0.0265. The lowest BCUT2D eigenvalue weighted by molar-refractivity contribution is -0.159. The predicted molar refractivity (Wildman–Crippen MR) is 66.0 cm³/mol. The second-order valence-corrected chi connectivity index (χ2v) is 4.88. The highest BCUT2D eigenvalue weighted by Crippen LogP contribution is 2.32. The fraction of sp³-hybridized carbons (Fsp3) is 0.308. The number of aromatic nitrogens is 2. The first kappa shape index (κ1) is 14.5. The molecule has 1 fully saturated rings. The Labute approximate surface area is 121 Å². The zero-order valence-corrected chi connectivity index (χ0v) is 10.9. The smallest absolute Gasteiger partial charge is 0.329 e. The van der Waals surface area contributed by atoms with Crippen LogP contribution < -0.4 is 5.32 Å². The van der Waals surface area contributed by atoms with Crippen molar-refractivity contribution < 1.29 is 26.9 Å². The Bertz CT molecular complexity index is 722. The van der Waals surface area contributed by atoms with Crippen LogP contribution in [0.3, 0.4) is 0 Å². The topological polar surface area (TPSA) is 68.0 Å². The van der Waals surface area contributed by atoms with Gasteiger partial charge in [0.2, 0.25) is 11.7 Å². The summed E-state index contributed by atoms with van der Waals surface area (Å²) in [5.74, 6) is -3.04. The summed E-state index contributed by atoms with van der Waals surface area (Å²) in [6.07, 6.45) is -3.22. The standard InChI is InChI=1S/C13H9F4N3O2/c14-8-5-7(10-19-12(22-20-10)13(15,16)17)3-4-9(8)18-11(21)6-1-2-6/h3-6H,1-2H2,(H,18,21). The Balaban J connectivity index is 1.82. The molecule has 9 heteroatoms. The summed E-state index contributed by atoms with van der Waals surface area (Å²) in [7, 11) is 0. The van der Waals surface area contributed by atoms with Crippen molar-refractivity contribution in [3.8, 4) is 11.4 Å².